The molecule has 15 heavy (non-hydrogen) atoms. The standard InChI is InChI=1S/C13H9NO/c1-2-11-6-9-15-13(11)12(3-1)10-4-7-14-8-5-10/h1-9H. The number of hydrogen-bond donors (Lipinski definition) is 0. The SMILES string of the molecule is c1cc(-c2ccncc2)c2occc2c1. The fraction of sp³-hybridized carbons (Fsp3) is 0. The molecule has 0 bridgehead atoms. The average molecular weight is 195 g/mol. The maximum absolute atomic E-state index is 5.48. The molecule has 0 aliphatic carbocycles. The van der Waals surface area contributed by atoms with Gasteiger partial charge in [0.25, 0.3) is 0 Å². The van der Waals surface area contributed by atoms with E-state index in [4.69, 9.17) is 4.42 Å². The van der Waals surface area contributed by atoms with E-state index in [0.29, 0.717) is 0 Å². The fourth-order valence-corrected chi connectivity index (χ4v) is 1.75. The van der Waals surface area contributed by atoms with Gasteiger partial charge in [-0.3, -0.25) is 4.98 Å². The van der Waals surface area contributed by atoms with Gasteiger partial charge in [0.15, 0.2) is 0 Å². The third-order valence-corrected chi connectivity index (χ3v) is 2.47. The number of fused-ring (bicyclic) bond motifs is 1. The van der Waals surface area contributed by atoms with Crippen molar-refractivity contribution in [2.75, 3.05) is 0 Å². The second-order valence-electron chi connectivity index (χ2n) is 3.38. The molecule has 0 amide bonds. The predicted octanol–water partition coefficient (Wildman–Crippen LogP) is 3.49. The number of hydrogen-bond acceptors (Lipinski definition) is 2. The number of benzene rings is 1. The molecule has 0 atom stereocenters. The topological polar surface area (TPSA) is 26.0 Å². The Hall–Kier alpha value is -2.09. The van der Waals surface area contributed by atoms with Crippen molar-refractivity contribution in [3.8, 4) is 11.1 Å². The molecular weight excluding hydrogens is 186 g/mol. The van der Waals surface area contributed by atoms with E-state index in [0.717, 1.165) is 22.1 Å². The Morgan fingerprint density at radius 1 is 0.933 bits per heavy atom. The quantitative estimate of drug-likeness (QED) is 0.594. The maximum atomic E-state index is 5.48. The van der Waals surface area contributed by atoms with Gasteiger partial charge in [-0.05, 0) is 23.8 Å². The summed E-state index contributed by atoms with van der Waals surface area (Å²) in [5.74, 6) is 0. The minimum atomic E-state index is 0.934. The van der Waals surface area contributed by atoms with Crippen LogP contribution in [0.1, 0.15) is 0 Å². The number of para-hydroxylation sites is 1. The van der Waals surface area contributed by atoms with E-state index < -0.39 is 0 Å². The van der Waals surface area contributed by atoms with E-state index in [2.05, 4.69) is 11.1 Å². The van der Waals surface area contributed by atoms with E-state index in [1.165, 1.54) is 0 Å². The average Bonchev–Trinajstić information content (AvgIpc) is 2.78. The first-order valence-electron chi connectivity index (χ1n) is 4.82. The predicted molar refractivity (Wildman–Crippen MR) is 59.4 cm³/mol. The summed E-state index contributed by atoms with van der Waals surface area (Å²) in [5.41, 5.74) is 3.18. The van der Waals surface area contributed by atoms with Crippen molar-refractivity contribution in [2.24, 2.45) is 0 Å². The number of furan rings is 1. The minimum absolute atomic E-state index is 0.934. The number of rotatable bonds is 1. The summed E-state index contributed by atoms with van der Waals surface area (Å²) in [6.45, 7) is 0. The van der Waals surface area contributed by atoms with Gasteiger partial charge in [0.2, 0.25) is 0 Å². The molecule has 0 spiro atoms. The van der Waals surface area contributed by atoms with Crippen LogP contribution in [0.25, 0.3) is 22.1 Å². The molecule has 2 aromatic heterocycles. The zero-order valence-corrected chi connectivity index (χ0v) is 8.05. The highest BCUT2D eigenvalue weighted by atomic mass is 16.3. The molecule has 3 aromatic rings. The van der Waals surface area contributed by atoms with Crippen molar-refractivity contribution < 1.29 is 4.42 Å². The zero-order chi connectivity index (χ0) is 10.1. The molecule has 0 radical (unpaired) electrons. The molecule has 3 rings (SSSR count). The summed E-state index contributed by atoms with van der Waals surface area (Å²) in [4.78, 5) is 4.01. The molecule has 2 nitrogen and oxygen atoms in total. The number of aromatic nitrogens is 1. The van der Waals surface area contributed by atoms with E-state index in [1.807, 2.05) is 30.3 Å². The highest BCUT2D eigenvalue weighted by Crippen LogP contribution is 2.28. The third-order valence-electron chi connectivity index (χ3n) is 2.47. The monoisotopic (exact) mass is 195 g/mol. The molecular formula is C13H9NO. The largest absolute Gasteiger partial charge is 0.464 e. The zero-order valence-electron chi connectivity index (χ0n) is 8.05. The summed E-state index contributed by atoms with van der Waals surface area (Å²) in [5, 5.41) is 1.13. The van der Waals surface area contributed by atoms with Gasteiger partial charge in [-0.15, -0.1) is 0 Å². The highest BCUT2D eigenvalue weighted by molar-refractivity contribution is 5.92. The first-order valence-corrected chi connectivity index (χ1v) is 4.82. The molecule has 2 heterocycles. The van der Waals surface area contributed by atoms with E-state index >= 15 is 0 Å². The molecule has 0 fully saturated rings. The van der Waals surface area contributed by atoms with Crippen LogP contribution in [0.2, 0.25) is 0 Å². The Balaban J connectivity index is 2.31. The van der Waals surface area contributed by atoms with E-state index in [-0.39, 0.29) is 0 Å². The van der Waals surface area contributed by atoms with Crippen molar-refractivity contribution in [3.63, 3.8) is 0 Å². The van der Waals surface area contributed by atoms with Gasteiger partial charge < -0.3 is 4.42 Å². The highest BCUT2D eigenvalue weighted by Gasteiger charge is 2.05. The van der Waals surface area contributed by atoms with Crippen LogP contribution >= 0.6 is 0 Å². The third kappa shape index (κ3) is 1.31. The van der Waals surface area contributed by atoms with Crippen molar-refractivity contribution in [3.05, 3.63) is 55.1 Å². The molecule has 0 aliphatic rings. The molecule has 0 saturated carbocycles. The number of pyridine rings is 1. The molecule has 0 aliphatic heterocycles. The van der Waals surface area contributed by atoms with Crippen LogP contribution in [-0.2, 0) is 0 Å². The van der Waals surface area contributed by atoms with Gasteiger partial charge in [0, 0.05) is 23.3 Å². The van der Waals surface area contributed by atoms with Crippen molar-refractivity contribution in [2.45, 2.75) is 0 Å². The number of nitrogens with zero attached hydrogens (tertiary/aromatic N) is 1. The van der Waals surface area contributed by atoms with Gasteiger partial charge >= 0.3 is 0 Å². The molecule has 2 heteroatoms. The van der Waals surface area contributed by atoms with Gasteiger partial charge in [-0.2, -0.15) is 0 Å². The van der Waals surface area contributed by atoms with Crippen LogP contribution < -0.4 is 0 Å². The lowest BCUT2D eigenvalue weighted by Gasteiger charge is -2.01. The second kappa shape index (κ2) is 3.24. The molecule has 0 saturated heterocycles. The lowest BCUT2D eigenvalue weighted by molar-refractivity contribution is 0.617. The second-order valence-corrected chi connectivity index (χ2v) is 3.38. The first-order chi connectivity index (χ1) is 7.45. The van der Waals surface area contributed by atoms with Crippen LogP contribution in [-0.4, -0.2) is 4.98 Å². The Morgan fingerprint density at radius 2 is 1.80 bits per heavy atom. The summed E-state index contributed by atoms with van der Waals surface area (Å²) < 4.78 is 5.48. The van der Waals surface area contributed by atoms with E-state index in [1.54, 1.807) is 18.7 Å². The maximum Gasteiger partial charge on any atom is 0.141 e. The van der Waals surface area contributed by atoms with Crippen molar-refractivity contribution >= 4 is 11.0 Å². The van der Waals surface area contributed by atoms with Crippen LogP contribution in [0.15, 0.2) is 59.5 Å². The van der Waals surface area contributed by atoms with Gasteiger partial charge in [0.05, 0.1) is 6.26 Å². The summed E-state index contributed by atoms with van der Waals surface area (Å²) in [6, 6.07) is 12.1. The Bertz CT molecular complexity index is 584. The van der Waals surface area contributed by atoms with Gasteiger partial charge in [0.1, 0.15) is 5.58 Å². The van der Waals surface area contributed by atoms with Crippen LogP contribution in [0, 0.1) is 0 Å². The minimum Gasteiger partial charge on any atom is -0.464 e. The van der Waals surface area contributed by atoms with E-state index in [9.17, 15) is 0 Å². The smallest absolute Gasteiger partial charge is 0.141 e. The summed E-state index contributed by atoms with van der Waals surface area (Å²) >= 11 is 0. The molecule has 0 unspecified atom stereocenters. The van der Waals surface area contributed by atoms with Crippen LogP contribution in [0.4, 0.5) is 0 Å². The van der Waals surface area contributed by atoms with Crippen LogP contribution in [0.3, 0.4) is 0 Å². The Kier molecular flexibility index (Phi) is 1.78. The summed E-state index contributed by atoms with van der Waals surface area (Å²) in [6.07, 6.45) is 5.30. The lowest BCUT2D eigenvalue weighted by Crippen LogP contribution is -1.78. The normalized spacial score (nSPS) is 10.7. The van der Waals surface area contributed by atoms with Crippen molar-refractivity contribution in [1.29, 1.82) is 0 Å². The van der Waals surface area contributed by atoms with Gasteiger partial charge in [-0.1, -0.05) is 18.2 Å². The lowest BCUT2D eigenvalue weighted by atomic mass is 10.1. The fourth-order valence-electron chi connectivity index (χ4n) is 1.75. The molecule has 1 aromatic carbocycles. The van der Waals surface area contributed by atoms with Crippen molar-refractivity contribution in [1.82, 2.24) is 4.98 Å². The first kappa shape index (κ1) is 8.24. The molecule has 0 N–H and O–H groups in total. The van der Waals surface area contributed by atoms with Crippen LogP contribution in [0.5, 0.6) is 0 Å². The summed E-state index contributed by atoms with van der Waals surface area (Å²) in [7, 11) is 0. The van der Waals surface area contributed by atoms with Gasteiger partial charge in [-0.25, -0.2) is 0 Å². The Labute approximate surface area is 87.2 Å². The Morgan fingerprint density at radius 3 is 2.67 bits per heavy atom. The molecule has 72 valence electrons.